The average Bonchev–Trinajstić information content (AvgIpc) is 2.80. The Hall–Kier alpha value is -1.24. The van der Waals surface area contributed by atoms with Crippen molar-refractivity contribution in [1.29, 1.82) is 0 Å². The topological polar surface area (TPSA) is 67.6 Å². The van der Waals surface area contributed by atoms with E-state index in [9.17, 15) is 0 Å². The van der Waals surface area contributed by atoms with Crippen LogP contribution in [0.5, 0.6) is 0 Å². The summed E-state index contributed by atoms with van der Waals surface area (Å²) in [4.78, 5) is 6.29. The zero-order chi connectivity index (χ0) is 11.4. The molecule has 4 N–H and O–H groups in total. The van der Waals surface area contributed by atoms with Crippen molar-refractivity contribution in [3.8, 4) is 0 Å². The fraction of sp³-hybridized carbons (Fsp3) is 0.250. The SMILES string of the molecule is I.NC(N)=NCc1cccc(N2CC=CC2)c1. The molecule has 0 saturated heterocycles. The molecule has 0 aliphatic carbocycles. The van der Waals surface area contributed by atoms with Crippen LogP contribution in [-0.2, 0) is 6.54 Å². The molecule has 4 nitrogen and oxygen atoms in total. The molecule has 0 aromatic heterocycles. The van der Waals surface area contributed by atoms with Gasteiger partial charge in [-0.2, -0.15) is 0 Å². The minimum Gasteiger partial charge on any atom is -0.370 e. The minimum absolute atomic E-state index is 0. The van der Waals surface area contributed by atoms with E-state index in [1.807, 2.05) is 12.1 Å². The van der Waals surface area contributed by atoms with Gasteiger partial charge in [-0.25, -0.2) is 4.99 Å². The Morgan fingerprint density at radius 3 is 2.59 bits per heavy atom. The fourth-order valence-electron chi connectivity index (χ4n) is 1.72. The van der Waals surface area contributed by atoms with Crippen molar-refractivity contribution >= 4 is 35.6 Å². The molecule has 1 heterocycles. The van der Waals surface area contributed by atoms with Crippen molar-refractivity contribution in [3.05, 3.63) is 42.0 Å². The molecule has 0 radical (unpaired) electrons. The van der Waals surface area contributed by atoms with E-state index in [4.69, 9.17) is 11.5 Å². The molecule has 0 amide bonds. The van der Waals surface area contributed by atoms with E-state index in [0.29, 0.717) is 6.54 Å². The molecule has 2 rings (SSSR count). The Bertz CT molecular complexity index is 416. The van der Waals surface area contributed by atoms with Gasteiger partial charge in [-0.1, -0.05) is 24.3 Å². The third kappa shape index (κ3) is 3.92. The predicted octanol–water partition coefficient (Wildman–Crippen LogP) is 1.45. The van der Waals surface area contributed by atoms with Crippen LogP contribution in [0.25, 0.3) is 0 Å². The van der Waals surface area contributed by atoms with Crippen molar-refractivity contribution in [2.45, 2.75) is 6.54 Å². The lowest BCUT2D eigenvalue weighted by atomic mass is 10.2. The molecule has 17 heavy (non-hydrogen) atoms. The summed E-state index contributed by atoms with van der Waals surface area (Å²) in [6, 6.07) is 8.29. The number of rotatable bonds is 3. The second-order valence-electron chi connectivity index (χ2n) is 3.79. The number of halogens is 1. The standard InChI is InChI=1S/C12H16N4.HI/c13-12(14)15-9-10-4-3-5-11(8-10)16-6-1-2-7-16;/h1-5,8H,6-7,9H2,(H4,13,14,15);1H. The van der Waals surface area contributed by atoms with Gasteiger partial charge in [0.2, 0.25) is 0 Å². The number of hydrogen-bond acceptors (Lipinski definition) is 2. The van der Waals surface area contributed by atoms with E-state index in [-0.39, 0.29) is 29.9 Å². The maximum Gasteiger partial charge on any atom is 0.186 e. The molecular formula is C12H17IN4. The van der Waals surface area contributed by atoms with Gasteiger partial charge in [0, 0.05) is 18.8 Å². The highest BCUT2D eigenvalue weighted by atomic mass is 127. The number of nitrogens with two attached hydrogens (primary N) is 2. The smallest absolute Gasteiger partial charge is 0.186 e. The number of anilines is 1. The summed E-state index contributed by atoms with van der Waals surface area (Å²) in [6.07, 6.45) is 4.34. The first-order valence-electron chi connectivity index (χ1n) is 5.30. The van der Waals surface area contributed by atoms with E-state index in [0.717, 1.165) is 18.7 Å². The normalized spacial score (nSPS) is 13.3. The van der Waals surface area contributed by atoms with Gasteiger partial charge >= 0.3 is 0 Å². The van der Waals surface area contributed by atoms with Crippen LogP contribution < -0.4 is 16.4 Å². The zero-order valence-corrected chi connectivity index (χ0v) is 11.9. The third-order valence-corrected chi connectivity index (χ3v) is 2.54. The molecule has 0 fully saturated rings. The molecule has 0 saturated carbocycles. The van der Waals surface area contributed by atoms with Gasteiger partial charge in [0.15, 0.2) is 5.96 Å². The summed E-state index contributed by atoms with van der Waals surface area (Å²) in [5.74, 6) is 0.133. The molecule has 5 heteroatoms. The molecule has 92 valence electrons. The van der Waals surface area contributed by atoms with Gasteiger partial charge in [-0.15, -0.1) is 24.0 Å². The second-order valence-corrected chi connectivity index (χ2v) is 3.79. The summed E-state index contributed by atoms with van der Waals surface area (Å²) in [5.41, 5.74) is 13.0. The number of nitrogens with zero attached hydrogens (tertiary/aromatic N) is 2. The van der Waals surface area contributed by atoms with Crippen LogP contribution in [0.3, 0.4) is 0 Å². The summed E-state index contributed by atoms with van der Waals surface area (Å²) in [6.45, 7) is 2.49. The molecule has 0 bridgehead atoms. The fourth-order valence-corrected chi connectivity index (χ4v) is 1.72. The van der Waals surface area contributed by atoms with Crippen LogP contribution in [0, 0.1) is 0 Å². The van der Waals surface area contributed by atoms with Crippen LogP contribution in [-0.4, -0.2) is 19.0 Å². The van der Waals surface area contributed by atoms with E-state index in [1.165, 1.54) is 5.69 Å². The molecule has 1 aromatic carbocycles. The van der Waals surface area contributed by atoms with E-state index in [2.05, 4.69) is 34.2 Å². The predicted molar refractivity (Wildman–Crippen MR) is 82.7 cm³/mol. The Balaban J connectivity index is 0.00000144. The Kier molecular flexibility index (Phi) is 5.27. The molecule has 0 spiro atoms. The molecule has 1 aliphatic heterocycles. The highest BCUT2D eigenvalue weighted by Crippen LogP contribution is 2.18. The molecule has 1 aliphatic rings. The zero-order valence-electron chi connectivity index (χ0n) is 9.54. The highest BCUT2D eigenvalue weighted by molar-refractivity contribution is 14.0. The van der Waals surface area contributed by atoms with Crippen molar-refractivity contribution in [2.75, 3.05) is 18.0 Å². The van der Waals surface area contributed by atoms with Crippen LogP contribution >= 0.6 is 24.0 Å². The highest BCUT2D eigenvalue weighted by Gasteiger charge is 2.07. The van der Waals surface area contributed by atoms with Crippen LogP contribution in [0.15, 0.2) is 41.4 Å². The van der Waals surface area contributed by atoms with E-state index >= 15 is 0 Å². The van der Waals surface area contributed by atoms with Crippen molar-refractivity contribution in [2.24, 2.45) is 16.5 Å². The lowest BCUT2D eigenvalue weighted by Crippen LogP contribution is -2.22. The van der Waals surface area contributed by atoms with Crippen LogP contribution in [0.2, 0.25) is 0 Å². The van der Waals surface area contributed by atoms with Gasteiger partial charge in [-0.05, 0) is 17.7 Å². The van der Waals surface area contributed by atoms with Crippen LogP contribution in [0.4, 0.5) is 5.69 Å². The number of hydrogen-bond donors (Lipinski definition) is 2. The molecular weight excluding hydrogens is 327 g/mol. The lowest BCUT2D eigenvalue weighted by molar-refractivity contribution is 0.993. The lowest BCUT2D eigenvalue weighted by Gasteiger charge is -2.18. The van der Waals surface area contributed by atoms with Gasteiger partial charge in [0.05, 0.1) is 6.54 Å². The van der Waals surface area contributed by atoms with Crippen LogP contribution in [0.1, 0.15) is 5.56 Å². The number of aliphatic imine (C=N–C) groups is 1. The Labute approximate surface area is 118 Å². The monoisotopic (exact) mass is 344 g/mol. The Morgan fingerprint density at radius 2 is 1.94 bits per heavy atom. The van der Waals surface area contributed by atoms with Gasteiger partial charge in [-0.3, -0.25) is 0 Å². The molecule has 0 atom stereocenters. The van der Waals surface area contributed by atoms with Gasteiger partial charge < -0.3 is 16.4 Å². The number of benzene rings is 1. The maximum absolute atomic E-state index is 5.31. The molecule has 0 unspecified atom stereocenters. The quantitative estimate of drug-likeness (QED) is 0.378. The first kappa shape index (κ1) is 13.8. The number of guanidine groups is 1. The van der Waals surface area contributed by atoms with Gasteiger partial charge in [0.1, 0.15) is 0 Å². The van der Waals surface area contributed by atoms with Crippen molar-refractivity contribution in [1.82, 2.24) is 0 Å². The largest absolute Gasteiger partial charge is 0.370 e. The summed E-state index contributed by atoms with van der Waals surface area (Å²) in [7, 11) is 0. The van der Waals surface area contributed by atoms with E-state index < -0.39 is 0 Å². The first-order chi connectivity index (χ1) is 7.75. The molecule has 1 aromatic rings. The summed E-state index contributed by atoms with van der Waals surface area (Å²) < 4.78 is 0. The maximum atomic E-state index is 5.31. The second kappa shape index (κ2) is 6.48. The van der Waals surface area contributed by atoms with E-state index in [1.54, 1.807) is 0 Å². The van der Waals surface area contributed by atoms with Gasteiger partial charge in [0.25, 0.3) is 0 Å². The average molecular weight is 344 g/mol. The van der Waals surface area contributed by atoms with Crippen molar-refractivity contribution < 1.29 is 0 Å². The van der Waals surface area contributed by atoms with Crippen molar-refractivity contribution in [3.63, 3.8) is 0 Å². The minimum atomic E-state index is 0. The summed E-state index contributed by atoms with van der Waals surface area (Å²) in [5, 5.41) is 0. The Morgan fingerprint density at radius 1 is 1.24 bits per heavy atom. The summed E-state index contributed by atoms with van der Waals surface area (Å²) >= 11 is 0. The third-order valence-electron chi connectivity index (χ3n) is 2.54. The first-order valence-corrected chi connectivity index (χ1v) is 5.30.